The summed E-state index contributed by atoms with van der Waals surface area (Å²) in [5.74, 6) is -0.179. The van der Waals surface area contributed by atoms with Gasteiger partial charge in [0.2, 0.25) is 11.8 Å². The molecule has 0 spiro atoms. The summed E-state index contributed by atoms with van der Waals surface area (Å²) >= 11 is 1.63. The lowest BCUT2D eigenvalue weighted by atomic mass is 10.1. The summed E-state index contributed by atoms with van der Waals surface area (Å²) in [6.07, 6.45) is 0.269. The van der Waals surface area contributed by atoms with Gasteiger partial charge < -0.3 is 0 Å². The van der Waals surface area contributed by atoms with E-state index in [1.807, 2.05) is 32.2 Å². The summed E-state index contributed by atoms with van der Waals surface area (Å²) in [5.41, 5.74) is 1.16. The van der Waals surface area contributed by atoms with Crippen LogP contribution in [-0.2, 0) is 9.59 Å². The molecule has 2 atom stereocenters. The van der Waals surface area contributed by atoms with Crippen LogP contribution in [0.1, 0.15) is 38.8 Å². The number of rotatable bonds is 4. The van der Waals surface area contributed by atoms with E-state index in [9.17, 15) is 9.59 Å². The normalized spacial score (nSPS) is 22.0. The highest BCUT2D eigenvalue weighted by molar-refractivity contribution is 7.07. The van der Waals surface area contributed by atoms with E-state index in [4.69, 9.17) is 0 Å². The van der Waals surface area contributed by atoms with Crippen LogP contribution in [0.25, 0.3) is 0 Å². The van der Waals surface area contributed by atoms with E-state index < -0.39 is 0 Å². The van der Waals surface area contributed by atoms with Crippen LogP contribution in [0.4, 0.5) is 0 Å². The zero-order valence-corrected chi connectivity index (χ0v) is 11.7. The van der Waals surface area contributed by atoms with Crippen molar-refractivity contribution in [2.45, 2.75) is 45.3 Å². The van der Waals surface area contributed by atoms with Gasteiger partial charge in [-0.15, -0.1) is 0 Å². The Balaban J connectivity index is 2.03. The average molecular weight is 266 g/mol. The first kappa shape index (κ1) is 13.2. The molecule has 1 aliphatic heterocycles. The van der Waals surface area contributed by atoms with Crippen LogP contribution in [-0.4, -0.2) is 28.8 Å². The summed E-state index contributed by atoms with van der Waals surface area (Å²) in [6.45, 7) is 5.73. The largest absolute Gasteiger partial charge is 0.299 e. The number of nitrogens with one attached hydrogen (secondary N) is 1. The Morgan fingerprint density at radius 3 is 2.61 bits per heavy atom. The van der Waals surface area contributed by atoms with Crippen molar-refractivity contribution in [1.82, 2.24) is 10.2 Å². The second-order valence-corrected chi connectivity index (χ2v) is 5.68. The number of amides is 2. The quantitative estimate of drug-likeness (QED) is 0.847. The van der Waals surface area contributed by atoms with Gasteiger partial charge in [-0.2, -0.15) is 11.3 Å². The van der Waals surface area contributed by atoms with Crippen LogP contribution < -0.4 is 5.32 Å². The molecule has 2 amide bonds. The zero-order chi connectivity index (χ0) is 13.3. The van der Waals surface area contributed by atoms with Gasteiger partial charge in [0.05, 0.1) is 12.5 Å². The molecule has 1 aromatic heterocycles. The fraction of sp³-hybridized carbons (Fsp3) is 0.538. The fourth-order valence-corrected chi connectivity index (χ4v) is 3.00. The third-order valence-corrected chi connectivity index (χ3v) is 3.90. The van der Waals surface area contributed by atoms with Crippen molar-refractivity contribution < 1.29 is 9.59 Å². The third-order valence-electron chi connectivity index (χ3n) is 3.19. The van der Waals surface area contributed by atoms with Crippen LogP contribution in [0.2, 0.25) is 0 Å². The van der Waals surface area contributed by atoms with E-state index in [1.165, 1.54) is 4.90 Å². The smallest absolute Gasteiger partial charge is 0.247 e. The maximum atomic E-state index is 12.1. The van der Waals surface area contributed by atoms with Crippen molar-refractivity contribution in [2.24, 2.45) is 0 Å². The van der Waals surface area contributed by atoms with Crippen LogP contribution in [0.5, 0.6) is 0 Å². The molecule has 1 fully saturated rings. The Morgan fingerprint density at radius 1 is 1.39 bits per heavy atom. The Kier molecular flexibility index (Phi) is 3.82. The number of nitrogens with zero attached hydrogens (tertiary/aromatic N) is 1. The Labute approximate surface area is 111 Å². The van der Waals surface area contributed by atoms with Gasteiger partial charge in [-0.25, -0.2) is 0 Å². The lowest BCUT2D eigenvalue weighted by Crippen LogP contribution is -2.42. The van der Waals surface area contributed by atoms with Crippen molar-refractivity contribution in [1.29, 1.82) is 0 Å². The topological polar surface area (TPSA) is 49.4 Å². The molecule has 0 radical (unpaired) electrons. The molecular formula is C13H18N2O2S. The Morgan fingerprint density at radius 2 is 2.11 bits per heavy atom. The number of likely N-dealkylation sites (tertiary alicyclic amines) is 1. The minimum absolute atomic E-state index is 0.0618. The molecule has 1 N–H and O–H groups in total. The van der Waals surface area contributed by atoms with E-state index >= 15 is 0 Å². The molecule has 0 aliphatic carbocycles. The van der Waals surface area contributed by atoms with E-state index in [1.54, 1.807) is 11.3 Å². The lowest BCUT2D eigenvalue weighted by molar-refractivity contribution is -0.140. The molecule has 0 bridgehead atoms. The Bertz CT molecular complexity index is 442. The maximum Gasteiger partial charge on any atom is 0.247 e. The predicted molar refractivity (Wildman–Crippen MR) is 71.3 cm³/mol. The first-order valence-electron chi connectivity index (χ1n) is 6.14. The monoisotopic (exact) mass is 266 g/mol. The summed E-state index contributed by atoms with van der Waals surface area (Å²) in [4.78, 5) is 25.2. The van der Waals surface area contributed by atoms with Crippen molar-refractivity contribution in [2.75, 3.05) is 0 Å². The first-order chi connectivity index (χ1) is 8.50. The number of carbonyl (C=O) groups is 2. The van der Waals surface area contributed by atoms with Crippen LogP contribution >= 0.6 is 11.3 Å². The lowest BCUT2D eigenvalue weighted by Gasteiger charge is -2.21. The molecule has 0 saturated carbocycles. The molecule has 98 valence electrons. The van der Waals surface area contributed by atoms with Gasteiger partial charge in [0.15, 0.2) is 0 Å². The van der Waals surface area contributed by atoms with Crippen molar-refractivity contribution in [3.63, 3.8) is 0 Å². The number of hydrogen-bond donors (Lipinski definition) is 1. The highest BCUT2D eigenvalue weighted by Gasteiger charge is 2.40. The number of carbonyl (C=O) groups excluding carboxylic acids is 2. The average Bonchev–Trinajstić information content (AvgIpc) is 2.88. The van der Waals surface area contributed by atoms with Crippen molar-refractivity contribution >= 4 is 23.2 Å². The summed E-state index contributed by atoms with van der Waals surface area (Å²) in [5, 5.41) is 7.31. The highest BCUT2D eigenvalue weighted by Crippen LogP contribution is 2.21. The van der Waals surface area contributed by atoms with Gasteiger partial charge in [0.1, 0.15) is 0 Å². The van der Waals surface area contributed by atoms with Crippen LogP contribution in [0, 0.1) is 0 Å². The van der Waals surface area contributed by atoms with Gasteiger partial charge >= 0.3 is 0 Å². The first-order valence-corrected chi connectivity index (χ1v) is 7.09. The zero-order valence-electron chi connectivity index (χ0n) is 10.8. The van der Waals surface area contributed by atoms with Gasteiger partial charge in [0.25, 0.3) is 0 Å². The van der Waals surface area contributed by atoms with Crippen molar-refractivity contribution in [3.05, 3.63) is 22.4 Å². The molecule has 4 nitrogen and oxygen atoms in total. The predicted octanol–water partition coefficient (Wildman–Crippen LogP) is 1.93. The van der Waals surface area contributed by atoms with E-state index in [2.05, 4.69) is 10.7 Å². The molecule has 1 saturated heterocycles. The molecule has 2 unspecified atom stereocenters. The molecule has 5 heteroatoms. The van der Waals surface area contributed by atoms with Crippen LogP contribution in [0.3, 0.4) is 0 Å². The number of thiophene rings is 1. The van der Waals surface area contributed by atoms with Gasteiger partial charge in [-0.3, -0.25) is 19.8 Å². The maximum absolute atomic E-state index is 12.1. The molecule has 1 aliphatic rings. The molecule has 2 heterocycles. The van der Waals surface area contributed by atoms with Crippen LogP contribution in [0.15, 0.2) is 16.8 Å². The molecular weight excluding hydrogens is 248 g/mol. The molecule has 1 aromatic rings. The SMILES string of the molecule is CC(NC1CC(=O)N(C(C)C)C1=O)c1ccsc1. The summed E-state index contributed by atoms with van der Waals surface area (Å²) < 4.78 is 0. The van der Waals surface area contributed by atoms with Crippen molar-refractivity contribution in [3.8, 4) is 0 Å². The Hall–Kier alpha value is -1.20. The molecule has 0 aromatic carbocycles. The van der Waals surface area contributed by atoms with E-state index in [-0.39, 0.29) is 36.4 Å². The standard InChI is InChI=1S/C13H18N2O2S/c1-8(2)15-12(16)6-11(13(15)17)14-9(3)10-4-5-18-7-10/h4-5,7-9,11,14H,6H2,1-3H3. The highest BCUT2D eigenvalue weighted by atomic mass is 32.1. The van der Waals surface area contributed by atoms with Gasteiger partial charge in [-0.05, 0) is 43.2 Å². The second kappa shape index (κ2) is 5.20. The minimum atomic E-state index is -0.380. The van der Waals surface area contributed by atoms with Gasteiger partial charge in [0, 0.05) is 12.1 Å². The van der Waals surface area contributed by atoms with E-state index in [0.717, 1.165) is 5.56 Å². The third kappa shape index (κ3) is 2.47. The summed E-state index contributed by atoms with van der Waals surface area (Å²) in [6, 6.07) is 1.68. The molecule has 2 rings (SSSR count). The number of imide groups is 1. The fourth-order valence-electron chi connectivity index (χ4n) is 2.24. The second-order valence-electron chi connectivity index (χ2n) is 4.90. The molecule has 18 heavy (non-hydrogen) atoms. The van der Waals surface area contributed by atoms with Gasteiger partial charge in [-0.1, -0.05) is 0 Å². The van der Waals surface area contributed by atoms with E-state index in [0.29, 0.717) is 0 Å². The summed E-state index contributed by atoms with van der Waals surface area (Å²) in [7, 11) is 0. The number of hydrogen-bond acceptors (Lipinski definition) is 4. The minimum Gasteiger partial charge on any atom is -0.299 e.